The van der Waals surface area contributed by atoms with Crippen molar-refractivity contribution in [3.63, 3.8) is 0 Å². The third kappa shape index (κ3) is 3.70. The van der Waals surface area contributed by atoms with E-state index in [2.05, 4.69) is 42.2 Å². The number of piperidine rings is 1. The van der Waals surface area contributed by atoms with Crippen LogP contribution in [0.4, 0.5) is 0 Å². The molecular formula is C23H33N5O2. The highest BCUT2D eigenvalue weighted by Crippen LogP contribution is 2.44. The molecule has 2 aliphatic rings. The maximum absolute atomic E-state index is 12.8. The van der Waals surface area contributed by atoms with E-state index in [-0.39, 0.29) is 22.3 Å². The fourth-order valence-electron chi connectivity index (χ4n) is 4.91. The van der Waals surface area contributed by atoms with E-state index in [0.717, 1.165) is 68.1 Å². The number of H-pyrrole nitrogens is 1. The molecule has 0 unspecified atom stereocenters. The third-order valence-corrected chi connectivity index (χ3v) is 6.84. The van der Waals surface area contributed by atoms with Crippen LogP contribution in [0.1, 0.15) is 76.3 Å². The highest BCUT2D eigenvalue weighted by molar-refractivity contribution is 5.76. The largest absolute Gasteiger partial charge is 0.343 e. The molecule has 1 aliphatic heterocycles. The molecule has 1 N–H and O–H groups in total. The summed E-state index contributed by atoms with van der Waals surface area (Å²) in [6.07, 6.45) is 8.64. The van der Waals surface area contributed by atoms with Crippen molar-refractivity contribution in [2.75, 3.05) is 13.1 Å². The van der Waals surface area contributed by atoms with Crippen LogP contribution in [-0.2, 0) is 35.0 Å². The Morgan fingerprint density at radius 3 is 2.63 bits per heavy atom. The van der Waals surface area contributed by atoms with Crippen LogP contribution in [0.25, 0.3) is 0 Å². The Kier molecular flexibility index (Phi) is 5.32. The van der Waals surface area contributed by atoms with Crippen LogP contribution in [0.5, 0.6) is 0 Å². The van der Waals surface area contributed by atoms with E-state index in [1.807, 2.05) is 11.1 Å². The summed E-state index contributed by atoms with van der Waals surface area (Å²) in [5, 5.41) is 0. The van der Waals surface area contributed by atoms with Crippen LogP contribution in [0.2, 0.25) is 0 Å². The Labute approximate surface area is 177 Å². The van der Waals surface area contributed by atoms with Crippen molar-refractivity contribution in [1.29, 1.82) is 0 Å². The number of imidazole rings is 1. The number of hydrogen-bond acceptors (Lipinski definition) is 4. The number of hydrogen-bond donors (Lipinski definition) is 1. The minimum atomic E-state index is -0.195. The number of carbonyl (C=O) groups excluding carboxylic acids is 1. The van der Waals surface area contributed by atoms with E-state index in [1.54, 1.807) is 6.20 Å². The van der Waals surface area contributed by atoms with Crippen LogP contribution in [-0.4, -0.2) is 43.4 Å². The van der Waals surface area contributed by atoms with Gasteiger partial charge in [-0.05, 0) is 25.7 Å². The number of aromatic amines is 1. The summed E-state index contributed by atoms with van der Waals surface area (Å²) in [6.45, 7) is 10.5. The molecule has 1 spiro atoms. The predicted molar refractivity (Wildman–Crippen MR) is 116 cm³/mol. The van der Waals surface area contributed by atoms with Gasteiger partial charge in [0.2, 0.25) is 5.91 Å². The SMILES string of the molecule is CCc1nccn1CCC(=O)N1CCC2(CCc3c2nc(C(C)(C)C)[nH]c3=O)CC1. The van der Waals surface area contributed by atoms with Crippen molar-refractivity contribution in [2.45, 2.75) is 83.6 Å². The molecule has 1 amide bonds. The standard InChI is InChI=1S/C23H33N5O2/c1-5-17-24-11-15-27(17)12-7-18(29)28-13-9-23(10-14-28)8-6-16-19(23)25-21(22(2,3)4)26-20(16)30/h11,15H,5-10,12-14H2,1-4H3,(H,25,26,30). The molecule has 1 aliphatic carbocycles. The minimum absolute atomic E-state index is 0.0207. The molecule has 3 heterocycles. The fourth-order valence-corrected chi connectivity index (χ4v) is 4.91. The number of nitrogens with zero attached hydrogens (tertiary/aromatic N) is 4. The second-order valence-corrected chi connectivity index (χ2v) is 9.79. The van der Waals surface area contributed by atoms with Gasteiger partial charge in [-0.2, -0.15) is 0 Å². The van der Waals surface area contributed by atoms with E-state index >= 15 is 0 Å². The van der Waals surface area contributed by atoms with Gasteiger partial charge in [-0.1, -0.05) is 27.7 Å². The average molecular weight is 412 g/mol. The molecule has 162 valence electrons. The zero-order valence-electron chi connectivity index (χ0n) is 18.6. The molecule has 4 rings (SSSR count). The van der Waals surface area contributed by atoms with Crippen LogP contribution in [0, 0.1) is 0 Å². The quantitative estimate of drug-likeness (QED) is 0.838. The lowest BCUT2D eigenvalue weighted by molar-refractivity contribution is -0.133. The van der Waals surface area contributed by atoms with Crippen molar-refractivity contribution in [3.8, 4) is 0 Å². The number of rotatable bonds is 4. The Hall–Kier alpha value is -2.44. The Bertz CT molecular complexity index is 990. The maximum Gasteiger partial charge on any atom is 0.254 e. The fraction of sp³-hybridized carbons (Fsp3) is 0.652. The van der Waals surface area contributed by atoms with Gasteiger partial charge in [0, 0.05) is 61.3 Å². The summed E-state index contributed by atoms with van der Waals surface area (Å²) < 4.78 is 2.07. The number of carbonyl (C=O) groups is 1. The molecule has 0 aromatic carbocycles. The molecule has 2 aromatic rings. The van der Waals surface area contributed by atoms with Gasteiger partial charge < -0.3 is 14.5 Å². The van der Waals surface area contributed by atoms with Gasteiger partial charge in [-0.15, -0.1) is 0 Å². The Balaban J connectivity index is 1.45. The zero-order chi connectivity index (χ0) is 21.5. The monoisotopic (exact) mass is 411 g/mol. The number of nitrogens with one attached hydrogen (secondary N) is 1. The first-order valence-corrected chi connectivity index (χ1v) is 11.2. The Morgan fingerprint density at radius 2 is 1.97 bits per heavy atom. The molecule has 1 fully saturated rings. The second-order valence-electron chi connectivity index (χ2n) is 9.79. The highest BCUT2D eigenvalue weighted by atomic mass is 16.2. The molecule has 0 saturated carbocycles. The first-order valence-electron chi connectivity index (χ1n) is 11.2. The highest BCUT2D eigenvalue weighted by Gasteiger charge is 2.45. The number of aryl methyl sites for hydroxylation is 2. The van der Waals surface area contributed by atoms with Crippen molar-refractivity contribution < 1.29 is 4.79 Å². The first-order chi connectivity index (χ1) is 14.2. The lowest BCUT2D eigenvalue weighted by Crippen LogP contribution is -2.45. The van der Waals surface area contributed by atoms with Crippen molar-refractivity contribution in [3.05, 3.63) is 45.7 Å². The van der Waals surface area contributed by atoms with Crippen LogP contribution < -0.4 is 5.56 Å². The van der Waals surface area contributed by atoms with Gasteiger partial charge in [-0.3, -0.25) is 9.59 Å². The smallest absolute Gasteiger partial charge is 0.254 e. The normalized spacial score (nSPS) is 18.1. The maximum atomic E-state index is 12.8. The van der Waals surface area contributed by atoms with E-state index in [0.29, 0.717) is 13.0 Å². The molecule has 7 nitrogen and oxygen atoms in total. The van der Waals surface area contributed by atoms with E-state index in [4.69, 9.17) is 4.98 Å². The molecule has 0 bridgehead atoms. The lowest BCUT2D eigenvalue weighted by atomic mass is 9.76. The van der Waals surface area contributed by atoms with Crippen LogP contribution in [0.15, 0.2) is 17.2 Å². The molecule has 30 heavy (non-hydrogen) atoms. The molecule has 0 atom stereocenters. The number of amides is 1. The van der Waals surface area contributed by atoms with Crippen molar-refractivity contribution in [2.24, 2.45) is 0 Å². The molecular weight excluding hydrogens is 378 g/mol. The summed E-state index contributed by atoms with van der Waals surface area (Å²) in [6, 6.07) is 0. The number of likely N-dealkylation sites (tertiary alicyclic amines) is 1. The molecule has 7 heteroatoms. The van der Waals surface area contributed by atoms with E-state index < -0.39 is 0 Å². The summed E-state index contributed by atoms with van der Waals surface area (Å²) >= 11 is 0. The summed E-state index contributed by atoms with van der Waals surface area (Å²) in [7, 11) is 0. The number of fused-ring (bicyclic) bond motifs is 2. The molecule has 2 aromatic heterocycles. The third-order valence-electron chi connectivity index (χ3n) is 6.84. The average Bonchev–Trinajstić information content (AvgIpc) is 3.31. The Morgan fingerprint density at radius 1 is 1.23 bits per heavy atom. The predicted octanol–water partition coefficient (Wildman–Crippen LogP) is 2.72. The summed E-state index contributed by atoms with van der Waals surface area (Å²) in [4.78, 5) is 39.7. The minimum Gasteiger partial charge on any atom is -0.343 e. The van der Waals surface area contributed by atoms with Gasteiger partial charge in [0.15, 0.2) is 0 Å². The summed E-state index contributed by atoms with van der Waals surface area (Å²) in [5.74, 6) is 1.99. The van der Waals surface area contributed by atoms with Gasteiger partial charge in [0.25, 0.3) is 5.56 Å². The lowest BCUT2D eigenvalue weighted by Gasteiger charge is -2.39. The van der Waals surface area contributed by atoms with E-state index in [9.17, 15) is 9.59 Å². The van der Waals surface area contributed by atoms with Crippen LogP contribution >= 0.6 is 0 Å². The topological polar surface area (TPSA) is 83.9 Å². The molecule has 0 radical (unpaired) electrons. The number of aromatic nitrogens is 4. The van der Waals surface area contributed by atoms with Crippen LogP contribution in [0.3, 0.4) is 0 Å². The molecule has 1 saturated heterocycles. The zero-order valence-corrected chi connectivity index (χ0v) is 18.6. The van der Waals surface area contributed by atoms with Gasteiger partial charge >= 0.3 is 0 Å². The first kappa shape index (κ1) is 20.8. The van der Waals surface area contributed by atoms with Gasteiger partial charge in [0.05, 0.1) is 5.69 Å². The van der Waals surface area contributed by atoms with Gasteiger partial charge in [0.1, 0.15) is 11.6 Å². The summed E-state index contributed by atoms with van der Waals surface area (Å²) in [5.41, 5.74) is 1.62. The second kappa shape index (κ2) is 7.67. The van der Waals surface area contributed by atoms with Gasteiger partial charge in [-0.25, -0.2) is 9.97 Å². The van der Waals surface area contributed by atoms with E-state index in [1.165, 1.54) is 0 Å². The van der Waals surface area contributed by atoms with Crippen molar-refractivity contribution in [1.82, 2.24) is 24.4 Å². The van der Waals surface area contributed by atoms with Crippen molar-refractivity contribution >= 4 is 5.91 Å².